The molecule has 5 rings (SSSR count). The predicted molar refractivity (Wildman–Crippen MR) is 118 cm³/mol. The van der Waals surface area contributed by atoms with Gasteiger partial charge in [-0.15, -0.1) is 0 Å². The summed E-state index contributed by atoms with van der Waals surface area (Å²) in [7, 11) is -2.09. The van der Waals surface area contributed by atoms with Crippen molar-refractivity contribution in [2.24, 2.45) is 0 Å². The highest BCUT2D eigenvalue weighted by molar-refractivity contribution is 7.94. The molecule has 0 saturated carbocycles. The van der Waals surface area contributed by atoms with Gasteiger partial charge in [0.15, 0.2) is 11.2 Å². The van der Waals surface area contributed by atoms with Crippen molar-refractivity contribution in [2.75, 3.05) is 28.7 Å². The Morgan fingerprint density at radius 3 is 2.39 bits per heavy atom. The van der Waals surface area contributed by atoms with Crippen molar-refractivity contribution in [1.82, 2.24) is 4.90 Å². The van der Waals surface area contributed by atoms with Crippen LogP contribution in [0.25, 0.3) is 11.0 Å². The first kappa shape index (κ1) is 19.6. The van der Waals surface area contributed by atoms with Gasteiger partial charge in [0.05, 0.1) is 22.8 Å². The molecule has 0 N–H and O–H groups in total. The molecule has 0 radical (unpaired) electrons. The molecule has 2 aromatic carbocycles. The van der Waals surface area contributed by atoms with Crippen LogP contribution in [0.1, 0.15) is 23.4 Å². The summed E-state index contributed by atoms with van der Waals surface area (Å²) in [5, 5.41) is 0.430. The van der Waals surface area contributed by atoms with Gasteiger partial charge in [0, 0.05) is 26.2 Å². The fraction of sp³-hybridized carbons (Fsp3) is 0.273. The number of para-hydroxylation sites is 3. The zero-order chi connectivity index (χ0) is 21.8. The van der Waals surface area contributed by atoms with Crippen LogP contribution < -0.4 is 14.0 Å². The lowest BCUT2D eigenvalue weighted by molar-refractivity contribution is 0.0684. The summed E-state index contributed by atoms with van der Waals surface area (Å²) >= 11 is 0. The number of amides is 1. The number of carbonyl (C=O) groups is 1. The molecule has 1 fully saturated rings. The fourth-order valence-corrected chi connectivity index (χ4v) is 6.01. The van der Waals surface area contributed by atoms with Crippen LogP contribution in [0.5, 0.6) is 0 Å². The van der Waals surface area contributed by atoms with Crippen LogP contribution in [-0.4, -0.2) is 45.4 Å². The average Bonchev–Trinajstić information content (AvgIpc) is 2.99. The van der Waals surface area contributed by atoms with Gasteiger partial charge in [0.25, 0.3) is 5.91 Å². The van der Waals surface area contributed by atoms with Crippen molar-refractivity contribution in [3.8, 4) is 0 Å². The number of fused-ring (bicyclic) bond motifs is 2. The van der Waals surface area contributed by atoms with Crippen LogP contribution >= 0.6 is 0 Å². The Balaban J connectivity index is 1.36. The lowest BCUT2D eigenvalue weighted by Crippen LogP contribution is -2.49. The quantitative estimate of drug-likeness (QED) is 0.612. The molecule has 0 atom stereocenters. The zero-order valence-corrected chi connectivity index (χ0v) is 17.7. The van der Waals surface area contributed by atoms with Gasteiger partial charge in [-0.05, 0) is 37.1 Å². The van der Waals surface area contributed by atoms with Gasteiger partial charge in [0.1, 0.15) is 5.58 Å². The van der Waals surface area contributed by atoms with E-state index in [1.165, 1.54) is 14.7 Å². The van der Waals surface area contributed by atoms with Crippen LogP contribution in [-0.2, 0) is 10.2 Å². The fourth-order valence-electron chi connectivity index (χ4n) is 4.35. The number of benzene rings is 2. The van der Waals surface area contributed by atoms with E-state index in [1.807, 2.05) is 12.1 Å². The Hall–Kier alpha value is -3.33. The smallest absolute Gasteiger partial charge is 0.326 e. The third-order valence-electron chi connectivity index (χ3n) is 5.98. The topological polar surface area (TPSA) is 91.1 Å². The molecule has 0 bridgehead atoms. The Bertz CT molecular complexity index is 1340. The highest BCUT2D eigenvalue weighted by Gasteiger charge is 2.43. The second-order valence-corrected chi connectivity index (χ2v) is 9.59. The monoisotopic (exact) mass is 439 g/mol. The normalized spacial score (nSPS) is 18.4. The first-order valence-electron chi connectivity index (χ1n) is 10.1. The first-order chi connectivity index (χ1) is 14.9. The number of likely N-dealkylation sites (tertiary alicyclic amines) is 1. The highest BCUT2D eigenvalue weighted by atomic mass is 32.2. The summed E-state index contributed by atoms with van der Waals surface area (Å²) in [5.41, 5.74) is 1.42. The highest BCUT2D eigenvalue weighted by Crippen LogP contribution is 2.42. The predicted octanol–water partition coefficient (Wildman–Crippen LogP) is 2.60. The zero-order valence-electron chi connectivity index (χ0n) is 16.9. The Morgan fingerprint density at radius 2 is 1.65 bits per heavy atom. The second kappa shape index (κ2) is 7.12. The van der Waals surface area contributed by atoms with E-state index in [0.29, 0.717) is 48.3 Å². The maximum absolute atomic E-state index is 13.0. The van der Waals surface area contributed by atoms with Gasteiger partial charge >= 0.3 is 10.2 Å². The van der Waals surface area contributed by atoms with E-state index in [4.69, 9.17) is 4.42 Å². The summed E-state index contributed by atoms with van der Waals surface area (Å²) < 4.78 is 34.4. The van der Waals surface area contributed by atoms with Gasteiger partial charge in [0.2, 0.25) is 0 Å². The number of carbonyl (C=O) groups excluding carboxylic acids is 1. The van der Waals surface area contributed by atoms with Gasteiger partial charge in [-0.1, -0.05) is 24.3 Å². The number of nitrogens with zero attached hydrogens (tertiary/aromatic N) is 3. The van der Waals surface area contributed by atoms with Crippen LogP contribution in [0.3, 0.4) is 0 Å². The van der Waals surface area contributed by atoms with Gasteiger partial charge in [-0.2, -0.15) is 8.42 Å². The average molecular weight is 439 g/mol. The molecule has 8 nitrogen and oxygen atoms in total. The summed E-state index contributed by atoms with van der Waals surface area (Å²) in [6.07, 6.45) is 0.982. The van der Waals surface area contributed by atoms with Gasteiger partial charge in [-0.25, -0.2) is 4.31 Å². The molecule has 9 heteroatoms. The molecule has 2 aliphatic rings. The maximum Gasteiger partial charge on any atom is 0.326 e. The van der Waals surface area contributed by atoms with E-state index in [-0.39, 0.29) is 23.1 Å². The summed E-state index contributed by atoms with van der Waals surface area (Å²) in [6.45, 7) is 0.746. The van der Waals surface area contributed by atoms with Crippen molar-refractivity contribution < 1.29 is 17.6 Å². The third kappa shape index (κ3) is 3.07. The van der Waals surface area contributed by atoms with Crippen LogP contribution in [0.4, 0.5) is 11.4 Å². The minimum atomic E-state index is -3.64. The van der Waals surface area contributed by atoms with Crippen LogP contribution in [0.15, 0.2) is 63.8 Å². The number of hydrogen-bond donors (Lipinski definition) is 0. The molecule has 160 valence electrons. The van der Waals surface area contributed by atoms with Crippen molar-refractivity contribution in [1.29, 1.82) is 0 Å². The second-order valence-electron chi connectivity index (χ2n) is 7.75. The lowest BCUT2D eigenvalue weighted by Gasteiger charge is -2.36. The standard InChI is InChI=1S/C22H21N3O5S/c1-23-17-7-3-4-8-18(17)25(31(23,28)29)15-10-12-24(13-11-15)22(27)21-14-19(26)16-6-2-5-9-20(16)30-21/h2-9,14-15H,10-13H2,1H3. The molecule has 3 heterocycles. The molecule has 3 aromatic rings. The van der Waals surface area contributed by atoms with E-state index < -0.39 is 10.2 Å². The van der Waals surface area contributed by atoms with E-state index in [9.17, 15) is 18.0 Å². The minimum absolute atomic E-state index is 0.000947. The summed E-state index contributed by atoms with van der Waals surface area (Å²) in [5.74, 6) is -0.357. The molecule has 2 aliphatic heterocycles. The van der Waals surface area contributed by atoms with Crippen LogP contribution in [0.2, 0.25) is 0 Å². The number of hydrogen-bond acceptors (Lipinski definition) is 5. The van der Waals surface area contributed by atoms with E-state index in [0.717, 1.165) is 0 Å². The van der Waals surface area contributed by atoms with E-state index in [1.54, 1.807) is 48.3 Å². The van der Waals surface area contributed by atoms with Gasteiger partial charge < -0.3 is 9.32 Å². The molecule has 1 amide bonds. The Morgan fingerprint density at radius 1 is 1.00 bits per heavy atom. The van der Waals surface area contributed by atoms with Crippen LogP contribution in [0, 0.1) is 0 Å². The number of piperidine rings is 1. The molecule has 0 unspecified atom stereocenters. The van der Waals surface area contributed by atoms with Crippen molar-refractivity contribution >= 4 is 38.5 Å². The molecule has 0 spiro atoms. The van der Waals surface area contributed by atoms with Crippen molar-refractivity contribution in [2.45, 2.75) is 18.9 Å². The first-order valence-corrected chi connectivity index (χ1v) is 11.5. The molecule has 31 heavy (non-hydrogen) atoms. The number of rotatable bonds is 2. The largest absolute Gasteiger partial charge is 0.451 e. The number of anilines is 2. The lowest BCUT2D eigenvalue weighted by atomic mass is 10.0. The van der Waals surface area contributed by atoms with Gasteiger partial charge in [-0.3, -0.25) is 13.9 Å². The maximum atomic E-state index is 13.0. The van der Waals surface area contributed by atoms with E-state index >= 15 is 0 Å². The third-order valence-corrected chi connectivity index (χ3v) is 7.86. The summed E-state index contributed by atoms with van der Waals surface area (Å²) in [4.78, 5) is 26.9. The molecule has 1 aromatic heterocycles. The van der Waals surface area contributed by atoms with E-state index in [2.05, 4.69) is 0 Å². The minimum Gasteiger partial charge on any atom is -0.451 e. The molecular weight excluding hydrogens is 418 g/mol. The molecular formula is C22H21N3O5S. The molecule has 1 saturated heterocycles. The van der Waals surface area contributed by atoms with Crippen molar-refractivity contribution in [3.05, 3.63) is 70.6 Å². The molecule has 0 aliphatic carbocycles. The SMILES string of the molecule is CN1c2ccccc2N(C2CCN(C(=O)c3cc(=O)c4ccccc4o3)CC2)S1(=O)=O. The van der Waals surface area contributed by atoms with Crippen molar-refractivity contribution in [3.63, 3.8) is 0 Å². The summed E-state index contributed by atoms with van der Waals surface area (Å²) in [6, 6.07) is 15.0. The Labute approximate surface area is 179 Å². The Kier molecular flexibility index (Phi) is 4.51.